The van der Waals surface area contributed by atoms with Crippen LogP contribution in [0.5, 0.6) is 0 Å². The van der Waals surface area contributed by atoms with Crippen molar-refractivity contribution in [1.29, 1.82) is 0 Å². The number of nitrogens with zero attached hydrogens (tertiary/aromatic N) is 1. The number of rotatable bonds is 3. The molecule has 0 aromatic heterocycles. The van der Waals surface area contributed by atoms with E-state index < -0.39 is 5.92 Å². The third kappa shape index (κ3) is 5.29. The largest absolute Gasteiger partial charge is 0.370 e. The molecule has 88 valence electrons. The standard InChI is InChI=1S/C9H15F2N3.HI/c1-6(2)5-13-8(12)14-7-3-9(10,11)4-7;/h7H,1,3-5H2,2H3,(H3,12,13,14);1H. The third-order valence-electron chi connectivity index (χ3n) is 1.96. The Bertz CT molecular complexity index is 258. The summed E-state index contributed by atoms with van der Waals surface area (Å²) >= 11 is 0. The lowest BCUT2D eigenvalue weighted by atomic mass is 9.88. The summed E-state index contributed by atoms with van der Waals surface area (Å²) in [6, 6.07) is -0.237. The molecule has 6 heteroatoms. The highest BCUT2D eigenvalue weighted by Gasteiger charge is 2.45. The summed E-state index contributed by atoms with van der Waals surface area (Å²) in [5, 5.41) is 2.73. The SMILES string of the molecule is C=C(C)CN=C(N)NC1CC(F)(F)C1.I. The number of halogens is 3. The first-order chi connectivity index (χ1) is 6.39. The highest BCUT2D eigenvalue weighted by molar-refractivity contribution is 14.0. The van der Waals surface area contributed by atoms with Gasteiger partial charge in [-0.25, -0.2) is 13.8 Å². The van der Waals surface area contributed by atoms with Gasteiger partial charge in [0, 0.05) is 18.9 Å². The van der Waals surface area contributed by atoms with Gasteiger partial charge in [0.1, 0.15) is 0 Å². The maximum Gasteiger partial charge on any atom is 0.252 e. The molecule has 0 heterocycles. The second kappa shape index (κ2) is 5.62. The smallest absolute Gasteiger partial charge is 0.252 e. The van der Waals surface area contributed by atoms with Crippen molar-refractivity contribution >= 4 is 29.9 Å². The van der Waals surface area contributed by atoms with Gasteiger partial charge in [0.25, 0.3) is 5.92 Å². The summed E-state index contributed by atoms with van der Waals surface area (Å²) in [5.41, 5.74) is 6.36. The Morgan fingerprint density at radius 3 is 2.53 bits per heavy atom. The minimum atomic E-state index is -2.52. The predicted octanol–water partition coefficient (Wildman–Crippen LogP) is 1.88. The fourth-order valence-electron chi connectivity index (χ4n) is 1.24. The van der Waals surface area contributed by atoms with Crippen molar-refractivity contribution in [2.24, 2.45) is 10.7 Å². The van der Waals surface area contributed by atoms with E-state index in [2.05, 4.69) is 16.9 Å². The highest BCUT2D eigenvalue weighted by atomic mass is 127. The fraction of sp³-hybridized carbons (Fsp3) is 0.667. The molecule has 1 rings (SSSR count). The van der Waals surface area contributed by atoms with E-state index in [-0.39, 0.29) is 48.8 Å². The van der Waals surface area contributed by atoms with Gasteiger partial charge in [0.15, 0.2) is 5.96 Å². The Morgan fingerprint density at radius 1 is 1.60 bits per heavy atom. The summed E-state index contributed by atoms with van der Waals surface area (Å²) in [6.07, 6.45) is -0.313. The molecular formula is C9H16F2IN3. The van der Waals surface area contributed by atoms with Gasteiger partial charge >= 0.3 is 0 Å². The fourth-order valence-corrected chi connectivity index (χ4v) is 1.24. The molecule has 3 nitrogen and oxygen atoms in total. The molecule has 0 bridgehead atoms. The maximum absolute atomic E-state index is 12.4. The lowest BCUT2D eigenvalue weighted by Crippen LogP contribution is -2.52. The van der Waals surface area contributed by atoms with E-state index in [0.29, 0.717) is 6.54 Å². The van der Waals surface area contributed by atoms with Gasteiger partial charge in [-0.1, -0.05) is 12.2 Å². The van der Waals surface area contributed by atoms with Crippen LogP contribution in [0.2, 0.25) is 0 Å². The van der Waals surface area contributed by atoms with Gasteiger partial charge in [-0.3, -0.25) is 0 Å². The van der Waals surface area contributed by atoms with Crippen LogP contribution in [0.3, 0.4) is 0 Å². The summed E-state index contributed by atoms with van der Waals surface area (Å²) in [6.45, 7) is 5.91. The predicted molar refractivity (Wildman–Crippen MR) is 67.8 cm³/mol. The van der Waals surface area contributed by atoms with Crippen LogP contribution < -0.4 is 11.1 Å². The highest BCUT2D eigenvalue weighted by Crippen LogP contribution is 2.37. The minimum Gasteiger partial charge on any atom is -0.370 e. The van der Waals surface area contributed by atoms with Crippen molar-refractivity contribution in [2.75, 3.05) is 6.54 Å². The van der Waals surface area contributed by atoms with Gasteiger partial charge in [-0.2, -0.15) is 0 Å². The molecule has 0 amide bonds. The van der Waals surface area contributed by atoms with Crippen molar-refractivity contribution < 1.29 is 8.78 Å². The van der Waals surface area contributed by atoms with Gasteiger partial charge < -0.3 is 11.1 Å². The number of nitrogens with two attached hydrogens (primary N) is 1. The maximum atomic E-state index is 12.4. The number of hydrogen-bond donors (Lipinski definition) is 2. The van der Waals surface area contributed by atoms with Crippen LogP contribution in [0.1, 0.15) is 19.8 Å². The molecule has 0 radical (unpaired) electrons. The van der Waals surface area contributed by atoms with Crippen molar-refractivity contribution in [3.8, 4) is 0 Å². The van der Waals surface area contributed by atoms with Crippen molar-refractivity contribution in [1.82, 2.24) is 5.32 Å². The molecule has 0 aromatic rings. The second-order valence-corrected chi connectivity index (χ2v) is 3.76. The van der Waals surface area contributed by atoms with E-state index in [0.717, 1.165) is 5.57 Å². The van der Waals surface area contributed by atoms with Crippen LogP contribution in [0, 0.1) is 0 Å². The summed E-state index contributed by atoms with van der Waals surface area (Å²) in [4.78, 5) is 3.93. The molecule has 3 N–H and O–H groups in total. The van der Waals surface area contributed by atoms with Crippen molar-refractivity contribution in [2.45, 2.75) is 31.7 Å². The molecular weight excluding hydrogens is 315 g/mol. The quantitative estimate of drug-likeness (QED) is 0.359. The monoisotopic (exact) mass is 331 g/mol. The number of alkyl halides is 2. The van der Waals surface area contributed by atoms with Crippen LogP contribution in [-0.4, -0.2) is 24.5 Å². The molecule has 1 aliphatic carbocycles. The number of aliphatic imine (C=N–C) groups is 1. The van der Waals surface area contributed by atoms with Crippen molar-refractivity contribution in [3.05, 3.63) is 12.2 Å². The normalized spacial score (nSPS) is 20.1. The Morgan fingerprint density at radius 2 is 2.13 bits per heavy atom. The lowest BCUT2D eigenvalue weighted by molar-refractivity contribution is -0.0886. The Labute approximate surface area is 105 Å². The first kappa shape index (κ1) is 14.6. The third-order valence-corrected chi connectivity index (χ3v) is 1.96. The first-order valence-corrected chi connectivity index (χ1v) is 4.48. The number of guanidine groups is 1. The molecule has 0 aliphatic heterocycles. The zero-order valence-corrected chi connectivity index (χ0v) is 10.9. The van der Waals surface area contributed by atoms with E-state index in [9.17, 15) is 8.78 Å². The van der Waals surface area contributed by atoms with Gasteiger partial charge in [0.2, 0.25) is 0 Å². The molecule has 0 unspecified atom stereocenters. The molecule has 0 atom stereocenters. The minimum absolute atomic E-state index is 0. The van der Waals surface area contributed by atoms with Crippen LogP contribution in [-0.2, 0) is 0 Å². The van der Waals surface area contributed by atoms with E-state index >= 15 is 0 Å². The number of hydrogen-bond acceptors (Lipinski definition) is 1. The molecule has 0 spiro atoms. The lowest BCUT2D eigenvalue weighted by Gasteiger charge is -2.35. The van der Waals surface area contributed by atoms with E-state index in [1.54, 1.807) is 0 Å². The molecule has 0 aromatic carbocycles. The average Bonchev–Trinajstić information content (AvgIpc) is 1.97. The second-order valence-electron chi connectivity index (χ2n) is 3.76. The summed E-state index contributed by atoms with van der Waals surface area (Å²) < 4.78 is 24.8. The van der Waals surface area contributed by atoms with Crippen molar-refractivity contribution in [3.63, 3.8) is 0 Å². The van der Waals surface area contributed by atoms with Gasteiger partial charge in [-0.15, -0.1) is 24.0 Å². The van der Waals surface area contributed by atoms with Gasteiger partial charge in [-0.05, 0) is 6.92 Å². The zero-order valence-electron chi connectivity index (χ0n) is 8.59. The van der Waals surface area contributed by atoms with Crippen LogP contribution >= 0.6 is 24.0 Å². The molecule has 15 heavy (non-hydrogen) atoms. The molecule has 1 fully saturated rings. The first-order valence-electron chi connectivity index (χ1n) is 4.48. The molecule has 1 saturated carbocycles. The Hall–Kier alpha value is -0.400. The topological polar surface area (TPSA) is 50.4 Å². The number of nitrogens with one attached hydrogen (secondary N) is 1. The van der Waals surface area contributed by atoms with Crippen LogP contribution in [0.25, 0.3) is 0 Å². The van der Waals surface area contributed by atoms with Gasteiger partial charge in [0.05, 0.1) is 6.54 Å². The van der Waals surface area contributed by atoms with E-state index in [4.69, 9.17) is 5.73 Å². The Balaban J connectivity index is 0.00000196. The van der Waals surface area contributed by atoms with Crippen LogP contribution in [0.15, 0.2) is 17.1 Å². The van der Waals surface area contributed by atoms with E-state index in [1.807, 2.05) is 6.92 Å². The van der Waals surface area contributed by atoms with Crippen LogP contribution in [0.4, 0.5) is 8.78 Å². The molecule has 1 aliphatic rings. The summed E-state index contributed by atoms with van der Waals surface area (Å²) in [7, 11) is 0. The zero-order chi connectivity index (χ0) is 10.8. The molecule has 0 saturated heterocycles. The Kier molecular flexibility index (Phi) is 5.47. The summed E-state index contributed by atoms with van der Waals surface area (Å²) in [5.74, 6) is -2.31. The average molecular weight is 331 g/mol. The van der Waals surface area contributed by atoms with E-state index in [1.165, 1.54) is 0 Å².